The van der Waals surface area contributed by atoms with Crippen molar-refractivity contribution < 1.29 is 0 Å². The summed E-state index contributed by atoms with van der Waals surface area (Å²) in [7, 11) is 0. The van der Waals surface area contributed by atoms with Gasteiger partial charge in [-0.2, -0.15) is 0 Å². The van der Waals surface area contributed by atoms with E-state index >= 15 is 0 Å². The summed E-state index contributed by atoms with van der Waals surface area (Å²) < 4.78 is 0. The van der Waals surface area contributed by atoms with Gasteiger partial charge < -0.3 is 10.3 Å². The second-order valence-corrected chi connectivity index (χ2v) is 9.52. The van der Waals surface area contributed by atoms with Crippen molar-refractivity contribution in [3.8, 4) is 0 Å². The molecule has 1 saturated carbocycles. The van der Waals surface area contributed by atoms with Crippen LogP contribution >= 0.6 is 0 Å². The van der Waals surface area contributed by atoms with Gasteiger partial charge in [-0.25, -0.2) is 0 Å². The van der Waals surface area contributed by atoms with E-state index in [-0.39, 0.29) is 0 Å². The number of H-pyrrole nitrogens is 1. The van der Waals surface area contributed by atoms with Gasteiger partial charge >= 0.3 is 0 Å². The summed E-state index contributed by atoms with van der Waals surface area (Å²) >= 11 is 0. The minimum Gasteiger partial charge on any atom is -0.357 e. The van der Waals surface area contributed by atoms with Crippen molar-refractivity contribution in [3.05, 3.63) is 82.5 Å². The van der Waals surface area contributed by atoms with Crippen LogP contribution in [0.2, 0.25) is 0 Å². The molecule has 1 unspecified atom stereocenters. The monoisotopic (exact) mass is 394 g/mol. The average Bonchev–Trinajstić information content (AvgIpc) is 3.15. The minimum atomic E-state index is 0.345. The Morgan fingerprint density at radius 3 is 2.67 bits per heavy atom. The summed E-state index contributed by atoms with van der Waals surface area (Å²) in [5.74, 6) is 0.646. The van der Waals surface area contributed by atoms with Crippen molar-refractivity contribution in [1.82, 2.24) is 10.3 Å². The van der Waals surface area contributed by atoms with E-state index in [1.807, 2.05) is 0 Å². The molecule has 2 N–H and O–H groups in total. The van der Waals surface area contributed by atoms with Crippen LogP contribution in [0.1, 0.15) is 65.6 Å². The van der Waals surface area contributed by atoms with Crippen LogP contribution in [0.5, 0.6) is 0 Å². The van der Waals surface area contributed by atoms with Crippen LogP contribution in [0.15, 0.2) is 54.6 Å². The topological polar surface area (TPSA) is 27.8 Å². The highest BCUT2D eigenvalue weighted by molar-refractivity contribution is 5.89. The number of aryl methyl sites for hydroxylation is 2. The van der Waals surface area contributed by atoms with Gasteiger partial charge in [0.25, 0.3) is 0 Å². The number of aromatic nitrogens is 1. The number of benzene rings is 3. The number of aromatic amines is 1. The second kappa shape index (κ2) is 6.99. The number of fused-ring (bicyclic) bond motifs is 6. The Bertz CT molecular complexity index is 1240. The molecule has 0 saturated heterocycles. The van der Waals surface area contributed by atoms with E-state index in [0.29, 0.717) is 18.0 Å². The van der Waals surface area contributed by atoms with Crippen LogP contribution < -0.4 is 5.32 Å². The van der Waals surface area contributed by atoms with Gasteiger partial charge in [-0.15, -0.1) is 0 Å². The fourth-order valence-corrected chi connectivity index (χ4v) is 6.24. The van der Waals surface area contributed by atoms with Crippen LogP contribution in [0, 0.1) is 13.8 Å². The Kier molecular flexibility index (Phi) is 4.24. The Balaban J connectivity index is 1.51. The van der Waals surface area contributed by atoms with Gasteiger partial charge in [0.1, 0.15) is 0 Å². The normalized spacial score (nSPS) is 23.5. The molecule has 0 radical (unpaired) electrons. The van der Waals surface area contributed by atoms with Crippen molar-refractivity contribution in [2.75, 3.05) is 0 Å². The van der Waals surface area contributed by atoms with Crippen LogP contribution in [0.4, 0.5) is 0 Å². The summed E-state index contributed by atoms with van der Waals surface area (Å²) in [6, 6.07) is 21.2. The smallest absolute Gasteiger partial charge is 0.0519 e. The lowest BCUT2D eigenvalue weighted by Gasteiger charge is -2.41. The van der Waals surface area contributed by atoms with Gasteiger partial charge in [0, 0.05) is 28.6 Å². The molecule has 1 aliphatic heterocycles. The van der Waals surface area contributed by atoms with E-state index in [4.69, 9.17) is 0 Å². The van der Waals surface area contributed by atoms with Crippen LogP contribution in [0.3, 0.4) is 0 Å². The van der Waals surface area contributed by atoms with Gasteiger partial charge in [0.05, 0.1) is 6.04 Å². The third-order valence-corrected chi connectivity index (χ3v) is 7.52. The lowest BCUT2D eigenvalue weighted by Crippen LogP contribution is -2.44. The standard InChI is InChI=1S/C28H30N2/c1-17-14-18(2)27-23(15-17)26-22-12-5-6-13-24(22)29-25(28(26)30-27)16-20-10-7-9-19-8-3-4-11-21(19)20/h3-4,7-11,14-15,22,24-25,29-30H,5-6,12-13,16H2,1-2H3/t22-,24?,25-/m1/s1. The number of rotatable bonds is 2. The number of nitrogens with one attached hydrogen (secondary N) is 2. The predicted molar refractivity (Wildman–Crippen MR) is 126 cm³/mol. The molecule has 2 heterocycles. The maximum atomic E-state index is 4.09. The Hall–Kier alpha value is -2.58. The SMILES string of the molecule is Cc1cc(C)c2[nH]c3c(c2c1)[C@@H]1CCCCC1N[C@@H]3Cc1cccc2ccccc12. The van der Waals surface area contributed by atoms with Crippen LogP contribution in [0.25, 0.3) is 21.7 Å². The van der Waals surface area contributed by atoms with E-state index in [0.717, 1.165) is 6.42 Å². The van der Waals surface area contributed by atoms with Gasteiger partial charge in [-0.3, -0.25) is 0 Å². The first-order valence-electron chi connectivity index (χ1n) is 11.5. The molecule has 152 valence electrons. The van der Waals surface area contributed by atoms with E-state index in [9.17, 15) is 0 Å². The van der Waals surface area contributed by atoms with Crippen molar-refractivity contribution in [3.63, 3.8) is 0 Å². The van der Waals surface area contributed by atoms with Crippen molar-refractivity contribution >= 4 is 21.7 Å². The van der Waals surface area contributed by atoms with Gasteiger partial charge in [0.2, 0.25) is 0 Å². The number of hydrogen-bond donors (Lipinski definition) is 2. The molecule has 2 nitrogen and oxygen atoms in total. The third kappa shape index (κ3) is 2.81. The van der Waals surface area contributed by atoms with Gasteiger partial charge in [-0.05, 0) is 66.6 Å². The molecule has 1 fully saturated rings. The first-order valence-corrected chi connectivity index (χ1v) is 11.5. The minimum absolute atomic E-state index is 0.345. The van der Waals surface area contributed by atoms with E-state index in [1.165, 1.54) is 69.7 Å². The predicted octanol–water partition coefficient (Wildman–Crippen LogP) is 6.85. The highest BCUT2D eigenvalue weighted by atomic mass is 15.0. The molecule has 0 bridgehead atoms. The Morgan fingerprint density at radius 2 is 1.73 bits per heavy atom. The van der Waals surface area contributed by atoms with Gasteiger partial charge in [0.15, 0.2) is 0 Å². The third-order valence-electron chi connectivity index (χ3n) is 7.52. The molecule has 1 aliphatic carbocycles. The zero-order valence-electron chi connectivity index (χ0n) is 18.0. The zero-order chi connectivity index (χ0) is 20.2. The van der Waals surface area contributed by atoms with Crippen molar-refractivity contribution in [2.24, 2.45) is 0 Å². The molecule has 0 amide bonds. The average molecular weight is 395 g/mol. The van der Waals surface area contributed by atoms with Gasteiger partial charge in [-0.1, -0.05) is 66.9 Å². The molecule has 2 aliphatic rings. The first-order chi connectivity index (χ1) is 14.7. The zero-order valence-corrected chi connectivity index (χ0v) is 18.0. The lowest BCUT2D eigenvalue weighted by molar-refractivity contribution is 0.275. The molecular formula is C28H30N2. The number of hydrogen-bond acceptors (Lipinski definition) is 1. The summed E-state index contributed by atoms with van der Waals surface area (Å²) in [6.45, 7) is 4.49. The molecule has 6 rings (SSSR count). The highest BCUT2D eigenvalue weighted by Gasteiger charge is 2.38. The summed E-state index contributed by atoms with van der Waals surface area (Å²) in [5, 5.41) is 8.29. The molecule has 2 heteroatoms. The summed E-state index contributed by atoms with van der Waals surface area (Å²) in [5.41, 5.74) is 8.59. The molecule has 3 aromatic carbocycles. The molecule has 3 atom stereocenters. The molecular weight excluding hydrogens is 364 g/mol. The Morgan fingerprint density at radius 1 is 0.900 bits per heavy atom. The van der Waals surface area contributed by atoms with E-state index < -0.39 is 0 Å². The van der Waals surface area contributed by atoms with E-state index in [2.05, 4.69) is 78.7 Å². The molecule has 1 aromatic heterocycles. The molecule has 4 aromatic rings. The summed E-state index contributed by atoms with van der Waals surface area (Å²) in [4.78, 5) is 3.90. The molecule has 30 heavy (non-hydrogen) atoms. The first kappa shape index (κ1) is 18.2. The fraction of sp³-hybridized carbons (Fsp3) is 0.357. The largest absolute Gasteiger partial charge is 0.357 e. The van der Waals surface area contributed by atoms with Crippen molar-refractivity contribution in [2.45, 2.75) is 64.0 Å². The maximum Gasteiger partial charge on any atom is 0.0519 e. The lowest BCUT2D eigenvalue weighted by atomic mass is 9.74. The van der Waals surface area contributed by atoms with Crippen LogP contribution in [-0.2, 0) is 6.42 Å². The second-order valence-electron chi connectivity index (χ2n) is 9.52. The highest BCUT2D eigenvalue weighted by Crippen LogP contribution is 2.46. The van der Waals surface area contributed by atoms with Crippen LogP contribution in [-0.4, -0.2) is 11.0 Å². The molecule has 0 spiro atoms. The van der Waals surface area contributed by atoms with Crippen molar-refractivity contribution in [1.29, 1.82) is 0 Å². The fourth-order valence-electron chi connectivity index (χ4n) is 6.24. The Labute approximate surface area is 178 Å². The summed E-state index contributed by atoms with van der Waals surface area (Å²) in [6.07, 6.45) is 6.35. The maximum absolute atomic E-state index is 4.09. The van der Waals surface area contributed by atoms with E-state index in [1.54, 1.807) is 5.56 Å². The quantitative estimate of drug-likeness (QED) is 0.382.